The summed E-state index contributed by atoms with van der Waals surface area (Å²) in [4.78, 5) is 13.0. The molecule has 0 bridgehead atoms. The molecule has 1 amide bonds. The van der Waals surface area contributed by atoms with Crippen LogP contribution in [0, 0.1) is 0 Å². The van der Waals surface area contributed by atoms with Crippen molar-refractivity contribution in [1.82, 2.24) is 5.32 Å². The lowest BCUT2D eigenvalue weighted by atomic mass is 10.1. The molecule has 3 N–H and O–H groups in total. The monoisotopic (exact) mass is 326 g/mol. The molecule has 106 valence electrons. The molecule has 2 heterocycles. The van der Waals surface area contributed by atoms with Crippen LogP contribution in [0.15, 0.2) is 18.2 Å². The Morgan fingerprint density at radius 3 is 3.05 bits per heavy atom. The van der Waals surface area contributed by atoms with Gasteiger partial charge in [-0.15, -0.1) is 11.3 Å². The molecule has 1 saturated heterocycles. The fourth-order valence-electron chi connectivity index (χ4n) is 2.36. The van der Waals surface area contributed by atoms with Crippen LogP contribution in [-0.4, -0.2) is 23.5 Å². The summed E-state index contributed by atoms with van der Waals surface area (Å²) in [5.41, 5.74) is 6.64. The first-order chi connectivity index (χ1) is 9.65. The molecule has 0 saturated carbocycles. The molecule has 1 atom stereocenters. The highest BCUT2D eigenvalue weighted by atomic mass is 35.5. The van der Waals surface area contributed by atoms with Gasteiger partial charge in [-0.25, -0.2) is 0 Å². The molecule has 1 aliphatic rings. The number of rotatable bonds is 2. The van der Waals surface area contributed by atoms with Gasteiger partial charge in [0.05, 0.1) is 5.69 Å². The minimum Gasteiger partial charge on any atom is -0.397 e. The summed E-state index contributed by atoms with van der Waals surface area (Å²) in [5, 5.41) is 4.59. The standard InChI is InChI=1S/C14H15ClN2OS2/c15-8-3-4-11-10(6-8)12(16)13(20-11)14(18)17-9-2-1-5-19-7-9/h3-4,6,9H,1-2,5,7,16H2,(H,17,18). The van der Waals surface area contributed by atoms with Crippen LogP contribution in [0.3, 0.4) is 0 Å². The van der Waals surface area contributed by atoms with E-state index < -0.39 is 0 Å². The Morgan fingerprint density at radius 1 is 1.45 bits per heavy atom. The van der Waals surface area contributed by atoms with E-state index in [9.17, 15) is 4.79 Å². The average molecular weight is 327 g/mol. The molecule has 1 fully saturated rings. The highest BCUT2D eigenvalue weighted by molar-refractivity contribution is 7.99. The van der Waals surface area contributed by atoms with Gasteiger partial charge >= 0.3 is 0 Å². The topological polar surface area (TPSA) is 55.1 Å². The summed E-state index contributed by atoms with van der Waals surface area (Å²) in [6.45, 7) is 0. The number of benzene rings is 1. The molecule has 0 aliphatic carbocycles. The summed E-state index contributed by atoms with van der Waals surface area (Å²) in [7, 11) is 0. The van der Waals surface area contributed by atoms with E-state index in [2.05, 4.69) is 5.32 Å². The van der Waals surface area contributed by atoms with Crippen molar-refractivity contribution >= 4 is 56.4 Å². The van der Waals surface area contributed by atoms with Crippen LogP contribution < -0.4 is 11.1 Å². The van der Waals surface area contributed by atoms with Crippen molar-refractivity contribution in [3.63, 3.8) is 0 Å². The predicted octanol–water partition coefficient (Wildman–Crippen LogP) is 3.76. The lowest BCUT2D eigenvalue weighted by molar-refractivity contribution is 0.0943. The number of carbonyl (C=O) groups is 1. The molecule has 20 heavy (non-hydrogen) atoms. The van der Waals surface area contributed by atoms with Gasteiger partial charge in [0.1, 0.15) is 4.88 Å². The summed E-state index contributed by atoms with van der Waals surface area (Å²) < 4.78 is 0.995. The second-order valence-corrected chi connectivity index (χ2v) is 7.51. The summed E-state index contributed by atoms with van der Waals surface area (Å²) in [5.74, 6) is 2.12. The SMILES string of the molecule is Nc1c(C(=O)NC2CCCSC2)sc2ccc(Cl)cc12. The van der Waals surface area contributed by atoms with E-state index in [0.29, 0.717) is 15.6 Å². The highest BCUT2D eigenvalue weighted by Gasteiger charge is 2.21. The van der Waals surface area contributed by atoms with Gasteiger partial charge in [-0.2, -0.15) is 11.8 Å². The van der Waals surface area contributed by atoms with E-state index in [-0.39, 0.29) is 11.9 Å². The van der Waals surface area contributed by atoms with E-state index in [4.69, 9.17) is 17.3 Å². The van der Waals surface area contributed by atoms with Crippen molar-refractivity contribution < 1.29 is 4.79 Å². The fraction of sp³-hybridized carbons (Fsp3) is 0.357. The van der Waals surface area contributed by atoms with Crippen molar-refractivity contribution in [2.45, 2.75) is 18.9 Å². The third-order valence-corrected chi connectivity index (χ3v) is 6.03. The highest BCUT2D eigenvalue weighted by Crippen LogP contribution is 2.35. The van der Waals surface area contributed by atoms with Crippen LogP contribution in [0.1, 0.15) is 22.5 Å². The van der Waals surface area contributed by atoms with E-state index in [1.165, 1.54) is 17.1 Å². The van der Waals surface area contributed by atoms with E-state index in [0.717, 1.165) is 28.7 Å². The molecule has 3 nitrogen and oxygen atoms in total. The first-order valence-corrected chi connectivity index (χ1v) is 8.86. The van der Waals surface area contributed by atoms with Crippen LogP contribution in [0.4, 0.5) is 5.69 Å². The Morgan fingerprint density at radius 2 is 2.30 bits per heavy atom. The largest absolute Gasteiger partial charge is 0.397 e. The second-order valence-electron chi connectivity index (χ2n) is 4.87. The van der Waals surface area contributed by atoms with Crippen molar-refractivity contribution in [3.05, 3.63) is 28.1 Å². The Hall–Kier alpha value is -0.910. The maximum atomic E-state index is 12.4. The fourth-order valence-corrected chi connectivity index (χ4v) is 4.61. The van der Waals surface area contributed by atoms with Gasteiger partial charge in [-0.05, 0) is 36.8 Å². The van der Waals surface area contributed by atoms with Crippen molar-refractivity contribution in [3.8, 4) is 0 Å². The number of hydrogen-bond acceptors (Lipinski definition) is 4. The molecule has 1 aromatic carbocycles. The predicted molar refractivity (Wildman–Crippen MR) is 89.1 cm³/mol. The third kappa shape index (κ3) is 2.75. The van der Waals surface area contributed by atoms with Gasteiger partial charge in [0.25, 0.3) is 5.91 Å². The zero-order valence-electron chi connectivity index (χ0n) is 10.8. The molecular weight excluding hydrogens is 312 g/mol. The molecule has 3 rings (SSSR count). The van der Waals surface area contributed by atoms with Gasteiger partial charge in [0.15, 0.2) is 0 Å². The Bertz CT molecular complexity index is 650. The van der Waals surface area contributed by atoms with Crippen LogP contribution in [0.25, 0.3) is 10.1 Å². The molecule has 0 radical (unpaired) electrons. The summed E-state index contributed by atoms with van der Waals surface area (Å²) in [6.07, 6.45) is 2.21. The van der Waals surface area contributed by atoms with Gasteiger partial charge in [-0.3, -0.25) is 4.79 Å². The van der Waals surface area contributed by atoms with Gasteiger partial charge in [-0.1, -0.05) is 11.6 Å². The number of fused-ring (bicyclic) bond motifs is 1. The molecular formula is C14H15ClN2OS2. The van der Waals surface area contributed by atoms with Gasteiger partial charge in [0, 0.05) is 26.9 Å². The number of nitrogens with two attached hydrogens (primary N) is 1. The number of halogens is 1. The van der Waals surface area contributed by atoms with Crippen molar-refractivity contribution in [2.75, 3.05) is 17.2 Å². The number of carbonyl (C=O) groups excluding carboxylic acids is 1. The zero-order valence-corrected chi connectivity index (χ0v) is 13.2. The number of thioether (sulfide) groups is 1. The molecule has 1 aliphatic heterocycles. The van der Waals surface area contributed by atoms with Gasteiger partial charge < -0.3 is 11.1 Å². The maximum Gasteiger partial charge on any atom is 0.263 e. The van der Waals surface area contributed by atoms with Crippen LogP contribution >= 0.6 is 34.7 Å². The molecule has 1 unspecified atom stereocenters. The Balaban J connectivity index is 1.85. The first kappa shape index (κ1) is 14.0. The van der Waals surface area contributed by atoms with E-state index in [1.807, 2.05) is 30.0 Å². The number of amides is 1. The zero-order chi connectivity index (χ0) is 14.1. The quantitative estimate of drug-likeness (QED) is 0.883. The summed E-state index contributed by atoms with van der Waals surface area (Å²) >= 11 is 9.30. The second kappa shape index (κ2) is 5.84. The summed E-state index contributed by atoms with van der Waals surface area (Å²) in [6, 6.07) is 5.80. The minimum atomic E-state index is -0.0627. The number of nitrogens with one attached hydrogen (secondary N) is 1. The van der Waals surface area contributed by atoms with Crippen molar-refractivity contribution in [2.24, 2.45) is 0 Å². The third-order valence-electron chi connectivity index (χ3n) is 3.39. The molecule has 6 heteroatoms. The van der Waals surface area contributed by atoms with Crippen LogP contribution in [0.2, 0.25) is 5.02 Å². The van der Waals surface area contributed by atoms with Crippen LogP contribution in [-0.2, 0) is 0 Å². The minimum absolute atomic E-state index is 0.0627. The first-order valence-electron chi connectivity index (χ1n) is 6.51. The Labute approximate surface area is 130 Å². The van der Waals surface area contributed by atoms with Crippen LogP contribution in [0.5, 0.6) is 0 Å². The number of anilines is 1. The normalized spacial score (nSPS) is 19.1. The van der Waals surface area contributed by atoms with Gasteiger partial charge in [0.2, 0.25) is 0 Å². The Kier molecular flexibility index (Phi) is 4.10. The lowest BCUT2D eigenvalue weighted by Gasteiger charge is -2.22. The smallest absolute Gasteiger partial charge is 0.263 e. The number of nitrogen functional groups attached to an aromatic ring is 1. The molecule has 1 aromatic heterocycles. The van der Waals surface area contributed by atoms with Crippen molar-refractivity contribution in [1.29, 1.82) is 0 Å². The number of thiophene rings is 1. The maximum absolute atomic E-state index is 12.4. The number of hydrogen-bond donors (Lipinski definition) is 2. The van der Waals surface area contributed by atoms with E-state index >= 15 is 0 Å². The van der Waals surface area contributed by atoms with E-state index in [1.54, 1.807) is 0 Å². The molecule has 0 spiro atoms. The molecule has 2 aromatic rings. The average Bonchev–Trinajstić information content (AvgIpc) is 2.77. The lowest BCUT2D eigenvalue weighted by Crippen LogP contribution is -2.38.